The standard InChI is InChI=1S/C30H35Cl2N3O5S/c1-6-26(29(37)33-30(2,3)4)34(19-21-12-15-23(40-5)16-13-21)28(36)20-35(27-17-14-22(31)18-25(27)32)41(38,39)24-10-8-7-9-11-24/h7-18,26H,6,19-20H2,1-5H3,(H,33,37)/t26-/m1/s1. The topological polar surface area (TPSA) is 96.0 Å². The minimum Gasteiger partial charge on any atom is -0.497 e. The molecule has 0 saturated heterocycles. The molecule has 220 valence electrons. The van der Waals surface area contributed by atoms with Gasteiger partial charge in [-0.3, -0.25) is 13.9 Å². The Morgan fingerprint density at radius 1 is 0.976 bits per heavy atom. The van der Waals surface area contributed by atoms with Crippen molar-refractivity contribution in [2.45, 2.75) is 57.1 Å². The Morgan fingerprint density at radius 2 is 1.61 bits per heavy atom. The number of benzene rings is 3. The van der Waals surface area contributed by atoms with Crippen molar-refractivity contribution in [2.75, 3.05) is 18.0 Å². The van der Waals surface area contributed by atoms with Gasteiger partial charge in [-0.05, 0) is 75.2 Å². The van der Waals surface area contributed by atoms with Gasteiger partial charge >= 0.3 is 0 Å². The van der Waals surface area contributed by atoms with Crippen LogP contribution in [-0.4, -0.2) is 50.4 Å². The number of amides is 2. The molecular formula is C30H35Cl2N3O5S. The minimum atomic E-state index is -4.24. The van der Waals surface area contributed by atoms with Crippen LogP contribution in [0.5, 0.6) is 5.75 Å². The van der Waals surface area contributed by atoms with E-state index in [0.717, 1.165) is 9.87 Å². The quantitative estimate of drug-likeness (QED) is 0.287. The highest BCUT2D eigenvalue weighted by Gasteiger charge is 2.35. The third-order valence-corrected chi connectivity index (χ3v) is 8.50. The molecule has 0 aliphatic rings. The summed E-state index contributed by atoms with van der Waals surface area (Å²) in [5.41, 5.74) is 0.284. The van der Waals surface area contributed by atoms with Gasteiger partial charge in [-0.2, -0.15) is 0 Å². The molecule has 0 heterocycles. The molecule has 0 fully saturated rings. The van der Waals surface area contributed by atoms with Crippen LogP contribution in [0.25, 0.3) is 0 Å². The van der Waals surface area contributed by atoms with Crippen molar-refractivity contribution in [1.29, 1.82) is 0 Å². The second-order valence-electron chi connectivity index (χ2n) is 10.5. The normalized spacial score (nSPS) is 12.4. The van der Waals surface area contributed by atoms with E-state index in [0.29, 0.717) is 17.2 Å². The van der Waals surface area contributed by atoms with Gasteiger partial charge in [0.25, 0.3) is 10.0 Å². The molecule has 0 aliphatic carbocycles. The Morgan fingerprint density at radius 3 is 2.15 bits per heavy atom. The molecule has 0 saturated carbocycles. The van der Waals surface area contributed by atoms with E-state index in [1.165, 1.54) is 35.2 Å². The molecule has 11 heteroatoms. The Labute approximate surface area is 252 Å². The first-order valence-electron chi connectivity index (χ1n) is 13.0. The van der Waals surface area contributed by atoms with Crippen LogP contribution in [0.4, 0.5) is 5.69 Å². The molecule has 0 spiro atoms. The zero-order valence-corrected chi connectivity index (χ0v) is 26.1. The first kappa shape index (κ1) is 32.2. The molecule has 1 atom stereocenters. The number of ether oxygens (including phenoxy) is 1. The summed E-state index contributed by atoms with van der Waals surface area (Å²) in [6.45, 7) is 6.81. The Kier molecular flexibility index (Phi) is 10.7. The molecule has 2 amide bonds. The van der Waals surface area contributed by atoms with Gasteiger partial charge in [0.05, 0.1) is 22.7 Å². The number of halogens is 2. The van der Waals surface area contributed by atoms with Crippen molar-refractivity contribution in [2.24, 2.45) is 0 Å². The van der Waals surface area contributed by atoms with Crippen LogP contribution < -0.4 is 14.4 Å². The highest BCUT2D eigenvalue weighted by Crippen LogP contribution is 2.33. The number of nitrogens with zero attached hydrogens (tertiary/aromatic N) is 2. The highest BCUT2D eigenvalue weighted by molar-refractivity contribution is 7.92. The maximum absolute atomic E-state index is 14.1. The number of sulfonamides is 1. The number of rotatable bonds is 11. The predicted octanol–water partition coefficient (Wildman–Crippen LogP) is 5.92. The fourth-order valence-corrected chi connectivity index (χ4v) is 6.23. The molecular weight excluding hydrogens is 585 g/mol. The van der Waals surface area contributed by atoms with Gasteiger partial charge in [0.1, 0.15) is 18.3 Å². The fourth-order valence-electron chi connectivity index (χ4n) is 4.22. The Hall–Kier alpha value is -3.27. The third-order valence-electron chi connectivity index (χ3n) is 6.18. The fraction of sp³-hybridized carbons (Fsp3) is 0.333. The molecule has 1 N–H and O–H groups in total. The van der Waals surface area contributed by atoms with Crippen LogP contribution in [-0.2, 0) is 26.2 Å². The lowest BCUT2D eigenvalue weighted by atomic mass is 10.1. The largest absolute Gasteiger partial charge is 0.497 e. The molecule has 3 aromatic rings. The van der Waals surface area contributed by atoms with Crippen LogP contribution in [0.1, 0.15) is 39.7 Å². The number of anilines is 1. The van der Waals surface area contributed by atoms with E-state index in [-0.39, 0.29) is 28.1 Å². The van der Waals surface area contributed by atoms with Crippen LogP contribution in [0.2, 0.25) is 10.0 Å². The summed E-state index contributed by atoms with van der Waals surface area (Å²) < 4.78 is 34.0. The van der Waals surface area contributed by atoms with Crippen molar-refractivity contribution in [3.05, 3.63) is 88.4 Å². The number of carbonyl (C=O) groups is 2. The second-order valence-corrected chi connectivity index (χ2v) is 13.2. The van der Waals surface area contributed by atoms with Gasteiger partial charge < -0.3 is 15.0 Å². The molecule has 3 aromatic carbocycles. The predicted molar refractivity (Wildman–Crippen MR) is 163 cm³/mol. The first-order valence-corrected chi connectivity index (χ1v) is 15.2. The molecule has 0 aromatic heterocycles. The van der Waals surface area contributed by atoms with Crippen molar-refractivity contribution in [1.82, 2.24) is 10.2 Å². The maximum atomic E-state index is 14.1. The molecule has 8 nitrogen and oxygen atoms in total. The van der Waals surface area contributed by atoms with Crippen LogP contribution in [0, 0.1) is 0 Å². The average molecular weight is 621 g/mol. The second kappa shape index (κ2) is 13.6. The van der Waals surface area contributed by atoms with E-state index in [1.54, 1.807) is 56.5 Å². The van der Waals surface area contributed by atoms with E-state index >= 15 is 0 Å². The van der Waals surface area contributed by atoms with Crippen molar-refractivity contribution in [3.8, 4) is 5.75 Å². The SMILES string of the molecule is CC[C@H](C(=O)NC(C)(C)C)N(Cc1ccc(OC)cc1)C(=O)CN(c1ccc(Cl)cc1Cl)S(=O)(=O)c1ccccc1. The van der Waals surface area contributed by atoms with Gasteiger partial charge in [-0.1, -0.05) is 60.5 Å². The smallest absolute Gasteiger partial charge is 0.264 e. The number of hydrogen-bond acceptors (Lipinski definition) is 5. The Bertz CT molecular complexity index is 1460. The van der Waals surface area contributed by atoms with Gasteiger partial charge in [-0.15, -0.1) is 0 Å². The van der Waals surface area contributed by atoms with Crippen molar-refractivity contribution in [3.63, 3.8) is 0 Å². The van der Waals surface area contributed by atoms with Gasteiger partial charge in [0.2, 0.25) is 11.8 Å². The van der Waals surface area contributed by atoms with E-state index < -0.39 is 34.1 Å². The van der Waals surface area contributed by atoms with E-state index in [2.05, 4.69) is 5.32 Å². The summed E-state index contributed by atoms with van der Waals surface area (Å²) >= 11 is 12.5. The lowest BCUT2D eigenvalue weighted by molar-refractivity contribution is -0.141. The summed E-state index contributed by atoms with van der Waals surface area (Å²) in [5.74, 6) is -0.284. The molecule has 0 unspecified atom stereocenters. The van der Waals surface area contributed by atoms with Crippen LogP contribution >= 0.6 is 23.2 Å². The summed E-state index contributed by atoms with van der Waals surface area (Å²) in [4.78, 5) is 28.9. The monoisotopic (exact) mass is 619 g/mol. The molecule has 0 bridgehead atoms. The maximum Gasteiger partial charge on any atom is 0.264 e. The first-order chi connectivity index (χ1) is 19.3. The third kappa shape index (κ3) is 8.38. The number of carbonyl (C=O) groups excluding carboxylic acids is 2. The zero-order valence-electron chi connectivity index (χ0n) is 23.7. The molecule has 3 rings (SSSR count). The number of methoxy groups -OCH3 is 1. The molecule has 0 radical (unpaired) electrons. The summed E-state index contributed by atoms with van der Waals surface area (Å²) in [7, 11) is -2.69. The summed E-state index contributed by atoms with van der Waals surface area (Å²) in [6.07, 6.45) is 0.303. The highest BCUT2D eigenvalue weighted by atomic mass is 35.5. The van der Waals surface area contributed by atoms with Crippen molar-refractivity contribution >= 4 is 50.7 Å². The lowest BCUT2D eigenvalue weighted by Crippen LogP contribution is -2.55. The number of nitrogens with one attached hydrogen (secondary N) is 1. The van der Waals surface area contributed by atoms with E-state index in [4.69, 9.17) is 27.9 Å². The zero-order chi connectivity index (χ0) is 30.4. The van der Waals surface area contributed by atoms with Gasteiger partial charge in [0, 0.05) is 17.1 Å². The summed E-state index contributed by atoms with van der Waals surface area (Å²) in [6, 6.07) is 18.4. The van der Waals surface area contributed by atoms with Crippen LogP contribution in [0.3, 0.4) is 0 Å². The van der Waals surface area contributed by atoms with E-state index in [1.807, 2.05) is 20.8 Å². The molecule has 0 aliphatic heterocycles. The van der Waals surface area contributed by atoms with Crippen LogP contribution in [0.15, 0.2) is 77.7 Å². The lowest BCUT2D eigenvalue weighted by Gasteiger charge is -2.35. The van der Waals surface area contributed by atoms with Gasteiger partial charge in [0.15, 0.2) is 0 Å². The molecule has 41 heavy (non-hydrogen) atoms. The van der Waals surface area contributed by atoms with Gasteiger partial charge in [-0.25, -0.2) is 8.42 Å². The Balaban J connectivity index is 2.09. The average Bonchev–Trinajstić information content (AvgIpc) is 2.91. The van der Waals surface area contributed by atoms with E-state index in [9.17, 15) is 18.0 Å². The minimum absolute atomic E-state index is 0.0157. The number of hydrogen-bond donors (Lipinski definition) is 1. The van der Waals surface area contributed by atoms with Crippen molar-refractivity contribution < 1.29 is 22.7 Å². The summed E-state index contributed by atoms with van der Waals surface area (Å²) in [5, 5.41) is 3.32.